The van der Waals surface area contributed by atoms with Crippen LogP contribution in [0.5, 0.6) is 0 Å². The second-order valence-corrected chi connectivity index (χ2v) is 7.68. The molecule has 0 aliphatic heterocycles. The summed E-state index contributed by atoms with van der Waals surface area (Å²) >= 11 is 0. The Hall–Kier alpha value is -5.20. The molecule has 0 radical (unpaired) electrons. The fourth-order valence-corrected chi connectivity index (χ4v) is 3.13. The molecular weight excluding hydrogens is 486 g/mol. The highest BCUT2D eigenvalue weighted by Crippen LogP contribution is 2.22. The molecule has 0 bridgehead atoms. The normalized spacial score (nSPS) is 11.3. The van der Waals surface area contributed by atoms with Crippen molar-refractivity contribution in [2.75, 3.05) is 21.3 Å². The van der Waals surface area contributed by atoms with Gasteiger partial charge in [-0.05, 0) is 37.3 Å². The van der Waals surface area contributed by atoms with Crippen molar-refractivity contribution in [1.29, 1.82) is 0 Å². The Morgan fingerprint density at radius 1 is 0.838 bits per heavy atom. The summed E-state index contributed by atoms with van der Waals surface area (Å²) in [6, 6.07) is 16.3. The molecule has 1 heterocycles. The molecule has 0 fully saturated rings. The summed E-state index contributed by atoms with van der Waals surface area (Å²) in [7, 11) is 0. The van der Waals surface area contributed by atoms with Gasteiger partial charge in [-0.2, -0.15) is 15.0 Å². The highest BCUT2D eigenvalue weighted by molar-refractivity contribution is 5.96. The van der Waals surface area contributed by atoms with Gasteiger partial charge in [0, 0.05) is 17.8 Å². The van der Waals surface area contributed by atoms with Crippen molar-refractivity contribution in [2.24, 2.45) is 0 Å². The van der Waals surface area contributed by atoms with E-state index < -0.39 is 28.5 Å². The smallest absolute Gasteiger partial charge is 0.271 e. The number of nitrogens with zero attached hydrogens (tertiary/aromatic N) is 4. The number of nitro groups is 1. The van der Waals surface area contributed by atoms with Crippen LogP contribution in [0.2, 0.25) is 0 Å². The van der Waals surface area contributed by atoms with E-state index in [0.717, 1.165) is 0 Å². The second kappa shape index (κ2) is 11.0. The molecule has 0 aliphatic rings. The van der Waals surface area contributed by atoms with Crippen molar-refractivity contribution < 1.29 is 18.5 Å². The van der Waals surface area contributed by atoms with Crippen molar-refractivity contribution in [2.45, 2.75) is 13.0 Å². The number of carbonyl (C=O) groups excluding carboxylic acids is 1. The number of rotatable bonds is 9. The summed E-state index contributed by atoms with van der Waals surface area (Å²) in [5.41, 5.74) is 0.233. The summed E-state index contributed by atoms with van der Waals surface area (Å²) in [4.78, 5) is 35.6. The molecule has 37 heavy (non-hydrogen) atoms. The SMILES string of the molecule is CC(Nc1nc(Nc2ccccc2F)nc(Nc2ccccc2F)n1)C(=O)Nc1cccc([N+](=O)[O-])c1. The fraction of sp³-hybridized carbons (Fsp3) is 0.0833. The van der Waals surface area contributed by atoms with Gasteiger partial charge in [0.2, 0.25) is 23.8 Å². The van der Waals surface area contributed by atoms with E-state index in [9.17, 15) is 23.7 Å². The molecule has 1 unspecified atom stereocenters. The van der Waals surface area contributed by atoms with Gasteiger partial charge in [0.1, 0.15) is 17.7 Å². The highest BCUT2D eigenvalue weighted by Gasteiger charge is 2.18. The maximum Gasteiger partial charge on any atom is 0.271 e. The van der Waals surface area contributed by atoms with E-state index in [1.165, 1.54) is 67.6 Å². The van der Waals surface area contributed by atoms with E-state index in [4.69, 9.17) is 0 Å². The number of benzene rings is 3. The van der Waals surface area contributed by atoms with Crippen LogP contribution in [0.4, 0.5) is 49.4 Å². The molecule has 4 aromatic rings. The summed E-state index contributed by atoms with van der Waals surface area (Å²) in [5.74, 6) is -1.86. The molecule has 1 aromatic heterocycles. The zero-order valence-electron chi connectivity index (χ0n) is 19.3. The van der Waals surface area contributed by atoms with Crippen molar-refractivity contribution in [3.05, 3.63) is 94.5 Å². The van der Waals surface area contributed by atoms with Crippen LogP contribution in [-0.2, 0) is 4.79 Å². The van der Waals surface area contributed by atoms with E-state index in [-0.39, 0.29) is 40.6 Å². The number of nitrogens with one attached hydrogen (secondary N) is 4. The summed E-state index contributed by atoms with van der Waals surface area (Å²) < 4.78 is 28.3. The van der Waals surface area contributed by atoms with Crippen LogP contribution < -0.4 is 21.3 Å². The first-order chi connectivity index (χ1) is 17.8. The first-order valence-electron chi connectivity index (χ1n) is 10.9. The molecule has 1 atom stereocenters. The van der Waals surface area contributed by atoms with Gasteiger partial charge in [-0.15, -0.1) is 0 Å². The van der Waals surface area contributed by atoms with Crippen LogP contribution >= 0.6 is 0 Å². The van der Waals surface area contributed by atoms with Crippen LogP contribution in [0.3, 0.4) is 0 Å². The zero-order chi connectivity index (χ0) is 26.4. The average molecular weight is 506 g/mol. The molecule has 11 nitrogen and oxygen atoms in total. The van der Waals surface area contributed by atoms with E-state index >= 15 is 0 Å². The Morgan fingerprint density at radius 3 is 1.92 bits per heavy atom. The lowest BCUT2D eigenvalue weighted by molar-refractivity contribution is -0.384. The van der Waals surface area contributed by atoms with E-state index in [1.807, 2.05) is 0 Å². The lowest BCUT2D eigenvalue weighted by Gasteiger charge is -2.16. The molecule has 4 rings (SSSR count). The molecule has 0 spiro atoms. The number of hydrogen-bond acceptors (Lipinski definition) is 9. The number of nitro benzene ring substituents is 1. The number of carbonyl (C=O) groups is 1. The van der Waals surface area contributed by atoms with E-state index in [2.05, 4.69) is 36.2 Å². The van der Waals surface area contributed by atoms with Crippen molar-refractivity contribution in [3.63, 3.8) is 0 Å². The summed E-state index contributed by atoms with van der Waals surface area (Å²) in [6.45, 7) is 1.52. The van der Waals surface area contributed by atoms with Crippen molar-refractivity contribution in [1.82, 2.24) is 15.0 Å². The van der Waals surface area contributed by atoms with Gasteiger partial charge < -0.3 is 21.3 Å². The number of aromatic nitrogens is 3. The number of halogens is 2. The Bertz CT molecular complexity index is 1390. The van der Waals surface area contributed by atoms with Crippen LogP contribution in [0, 0.1) is 21.7 Å². The predicted octanol–water partition coefficient (Wildman–Crippen LogP) is 4.98. The molecule has 3 aromatic carbocycles. The quantitative estimate of drug-likeness (QED) is 0.182. The molecule has 0 aliphatic carbocycles. The number of non-ortho nitro benzene ring substituents is 1. The lowest BCUT2D eigenvalue weighted by atomic mass is 10.2. The minimum absolute atomic E-state index is 0.0747. The van der Waals surface area contributed by atoms with Crippen LogP contribution in [0.15, 0.2) is 72.8 Å². The predicted molar refractivity (Wildman–Crippen MR) is 134 cm³/mol. The minimum atomic E-state index is -0.913. The topological polar surface area (TPSA) is 147 Å². The number of anilines is 6. The first kappa shape index (κ1) is 24.9. The molecular formula is C24H20F2N8O3. The largest absolute Gasteiger partial charge is 0.342 e. The van der Waals surface area contributed by atoms with Crippen molar-refractivity contribution in [3.8, 4) is 0 Å². The van der Waals surface area contributed by atoms with Gasteiger partial charge in [0.25, 0.3) is 5.69 Å². The van der Waals surface area contributed by atoms with Gasteiger partial charge in [0.05, 0.1) is 16.3 Å². The van der Waals surface area contributed by atoms with Crippen LogP contribution in [0.25, 0.3) is 0 Å². The van der Waals surface area contributed by atoms with Crippen LogP contribution in [-0.4, -0.2) is 31.8 Å². The first-order valence-corrected chi connectivity index (χ1v) is 10.9. The lowest BCUT2D eigenvalue weighted by Crippen LogP contribution is -2.32. The molecule has 1 amide bonds. The van der Waals surface area contributed by atoms with Gasteiger partial charge in [-0.3, -0.25) is 14.9 Å². The molecule has 0 saturated carbocycles. The maximum absolute atomic E-state index is 14.2. The minimum Gasteiger partial charge on any atom is -0.342 e. The summed E-state index contributed by atoms with van der Waals surface area (Å²) in [5, 5.41) is 21.8. The van der Waals surface area contributed by atoms with Gasteiger partial charge >= 0.3 is 0 Å². The number of amides is 1. The third-order valence-electron chi connectivity index (χ3n) is 4.94. The highest BCUT2D eigenvalue weighted by atomic mass is 19.1. The number of hydrogen-bond donors (Lipinski definition) is 4. The second-order valence-electron chi connectivity index (χ2n) is 7.68. The Morgan fingerprint density at radius 2 is 1.38 bits per heavy atom. The van der Waals surface area contributed by atoms with Gasteiger partial charge in [-0.25, -0.2) is 8.78 Å². The maximum atomic E-state index is 14.2. The molecule has 13 heteroatoms. The Kier molecular flexibility index (Phi) is 7.42. The van der Waals surface area contributed by atoms with Crippen molar-refractivity contribution >= 4 is 46.5 Å². The van der Waals surface area contributed by atoms with E-state index in [0.29, 0.717) is 0 Å². The standard InChI is InChI=1S/C24H20F2N8O3/c1-14(21(35)28-15-7-6-8-16(13-15)34(36)37)27-22-31-23(29-19-11-4-2-9-17(19)25)33-24(32-22)30-20-12-5-3-10-18(20)26/h2-14H,1H3,(H,28,35)(H3,27,29,30,31,32,33). The number of para-hydroxylation sites is 2. The zero-order valence-corrected chi connectivity index (χ0v) is 19.3. The fourth-order valence-electron chi connectivity index (χ4n) is 3.13. The Balaban J connectivity index is 1.57. The molecule has 188 valence electrons. The van der Waals surface area contributed by atoms with Gasteiger partial charge in [-0.1, -0.05) is 30.3 Å². The average Bonchev–Trinajstić information content (AvgIpc) is 2.87. The Labute approximate surface area is 209 Å². The third kappa shape index (κ3) is 6.48. The summed E-state index contributed by atoms with van der Waals surface area (Å²) in [6.07, 6.45) is 0. The molecule has 0 saturated heterocycles. The van der Waals surface area contributed by atoms with Gasteiger partial charge in [0.15, 0.2) is 0 Å². The van der Waals surface area contributed by atoms with Crippen LogP contribution in [0.1, 0.15) is 6.92 Å². The monoisotopic (exact) mass is 506 g/mol. The molecule has 4 N–H and O–H groups in total. The third-order valence-corrected chi connectivity index (χ3v) is 4.94. The van der Waals surface area contributed by atoms with E-state index in [1.54, 1.807) is 12.1 Å².